The average Bonchev–Trinajstić information content (AvgIpc) is 2.20. The summed E-state index contributed by atoms with van der Waals surface area (Å²) in [7, 11) is 0. The largest absolute Gasteiger partial charge is 0.344 e. The van der Waals surface area contributed by atoms with E-state index in [1.54, 1.807) is 0 Å². The molecule has 0 rings (SSSR count). The van der Waals surface area contributed by atoms with Crippen LogP contribution in [0.1, 0.15) is 71.6 Å². The van der Waals surface area contributed by atoms with Gasteiger partial charge in [0.2, 0.25) is 0 Å². The zero-order valence-corrected chi connectivity index (χ0v) is 13.8. The van der Waals surface area contributed by atoms with Gasteiger partial charge in [0.25, 0.3) is 0 Å². The Morgan fingerprint density at radius 3 is 1.69 bits per heavy atom. The smallest absolute Gasteiger partial charge is 0.126 e. The molecule has 0 aromatic rings. The van der Waals surface area contributed by atoms with Gasteiger partial charge in [0.1, 0.15) is 0 Å². The van der Waals surface area contributed by atoms with Crippen LogP contribution in [0.2, 0.25) is 5.54 Å². The molecule has 98 valence electrons. The summed E-state index contributed by atoms with van der Waals surface area (Å²) in [5.41, 5.74) is 0.303. The zero-order chi connectivity index (χ0) is 12.4. The highest BCUT2D eigenvalue weighted by Crippen LogP contribution is 2.36. The van der Waals surface area contributed by atoms with Crippen LogP contribution in [0.4, 0.5) is 0 Å². The molecule has 0 heterocycles. The van der Waals surface area contributed by atoms with E-state index in [-0.39, 0.29) is 0 Å². The highest BCUT2D eigenvalue weighted by atomic mass is 35.8. The fourth-order valence-corrected chi connectivity index (χ4v) is 3.26. The van der Waals surface area contributed by atoms with Gasteiger partial charge < -0.3 is 0 Å². The van der Waals surface area contributed by atoms with E-state index in [9.17, 15) is 0 Å². The van der Waals surface area contributed by atoms with Crippen LogP contribution in [0.3, 0.4) is 0 Å². The van der Waals surface area contributed by atoms with Crippen molar-refractivity contribution in [1.82, 2.24) is 0 Å². The SMILES string of the molecule is CCCCCCCCCCC(C)[Si](Cl)(Cl)Cl. The minimum atomic E-state index is -2.43. The van der Waals surface area contributed by atoms with E-state index < -0.39 is 6.00 Å². The molecule has 0 aliphatic carbocycles. The van der Waals surface area contributed by atoms with Crippen molar-refractivity contribution in [3.63, 3.8) is 0 Å². The van der Waals surface area contributed by atoms with Crippen LogP contribution in [-0.4, -0.2) is 6.00 Å². The Kier molecular flexibility index (Phi) is 10.7. The van der Waals surface area contributed by atoms with Gasteiger partial charge in [-0.05, 0) is 12.0 Å². The number of hydrogen-bond acceptors (Lipinski definition) is 0. The van der Waals surface area contributed by atoms with Crippen LogP contribution in [0.25, 0.3) is 0 Å². The normalized spacial score (nSPS) is 14.1. The predicted molar refractivity (Wildman–Crippen MR) is 80.0 cm³/mol. The van der Waals surface area contributed by atoms with Crippen LogP contribution in [-0.2, 0) is 0 Å². The second kappa shape index (κ2) is 10.1. The molecule has 0 saturated heterocycles. The van der Waals surface area contributed by atoms with Crippen molar-refractivity contribution in [3.8, 4) is 0 Å². The molecule has 0 spiro atoms. The van der Waals surface area contributed by atoms with Crippen molar-refractivity contribution < 1.29 is 0 Å². The number of rotatable bonds is 10. The third kappa shape index (κ3) is 10.3. The second-order valence-electron chi connectivity index (χ2n) is 4.71. The molecule has 0 aliphatic heterocycles. The van der Waals surface area contributed by atoms with Crippen molar-refractivity contribution in [2.24, 2.45) is 0 Å². The standard InChI is InChI=1S/C12H25Cl3Si/c1-3-4-5-6-7-8-9-10-11-12(2)16(13,14)15/h12H,3-11H2,1-2H3. The third-order valence-corrected chi connectivity index (χ3v) is 7.81. The fourth-order valence-electron chi connectivity index (χ4n) is 1.75. The number of halogens is 3. The molecule has 0 aromatic heterocycles. The summed E-state index contributed by atoms with van der Waals surface area (Å²) in [6, 6.07) is -2.43. The first-order valence-corrected chi connectivity index (χ1v) is 11.7. The summed E-state index contributed by atoms with van der Waals surface area (Å²) < 4.78 is 0. The molecule has 0 fully saturated rings. The Hall–Kier alpha value is 1.09. The van der Waals surface area contributed by atoms with Gasteiger partial charge in [-0.15, -0.1) is 33.2 Å². The summed E-state index contributed by atoms with van der Waals surface area (Å²) in [6.45, 7) is 4.32. The Labute approximate surface area is 116 Å². The molecule has 0 N–H and O–H groups in total. The van der Waals surface area contributed by atoms with Gasteiger partial charge in [-0.2, -0.15) is 0 Å². The average molecular weight is 304 g/mol. The lowest BCUT2D eigenvalue weighted by atomic mass is 10.1. The molecule has 1 unspecified atom stereocenters. The highest BCUT2D eigenvalue weighted by molar-refractivity contribution is 7.65. The molecule has 0 amide bonds. The first kappa shape index (κ1) is 17.1. The van der Waals surface area contributed by atoms with Crippen molar-refractivity contribution in [2.45, 2.75) is 77.2 Å². The van der Waals surface area contributed by atoms with Gasteiger partial charge in [-0.3, -0.25) is 0 Å². The lowest BCUT2D eigenvalue weighted by Crippen LogP contribution is -2.16. The van der Waals surface area contributed by atoms with Gasteiger partial charge in [0.15, 0.2) is 0 Å². The molecular weight excluding hydrogens is 279 g/mol. The number of hydrogen-bond donors (Lipinski definition) is 0. The minimum absolute atomic E-state index is 0.303. The van der Waals surface area contributed by atoms with E-state index in [4.69, 9.17) is 33.2 Å². The van der Waals surface area contributed by atoms with E-state index >= 15 is 0 Å². The molecule has 16 heavy (non-hydrogen) atoms. The van der Waals surface area contributed by atoms with Gasteiger partial charge in [0, 0.05) is 0 Å². The lowest BCUT2D eigenvalue weighted by molar-refractivity contribution is 0.561. The first-order valence-electron chi connectivity index (χ1n) is 6.55. The van der Waals surface area contributed by atoms with E-state index in [0.717, 1.165) is 6.42 Å². The van der Waals surface area contributed by atoms with Crippen molar-refractivity contribution in [3.05, 3.63) is 0 Å². The highest BCUT2D eigenvalue weighted by Gasteiger charge is 2.32. The Balaban J connectivity index is 3.21. The molecule has 0 saturated carbocycles. The molecule has 0 nitrogen and oxygen atoms in total. The van der Waals surface area contributed by atoms with E-state index in [1.807, 2.05) is 0 Å². The van der Waals surface area contributed by atoms with Gasteiger partial charge in [-0.25, -0.2) is 0 Å². The molecular formula is C12H25Cl3Si. The van der Waals surface area contributed by atoms with Crippen LogP contribution in [0, 0.1) is 0 Å². The summed E-state index contributed by atoms with van der Waals surface area (Å²) >= 11 is 17.9. The molecule has 1 atom stereocenters. The van der Waals surface area contributed by atoms with Crippen molar-refractivity contribution in [1.29, 1.82) is 0 Å². The summed E-state index contributed by atoms with van der Waals surface area (Å²) in [6.07, 6.45) is 11.8. The van der Waals surface area contributed by atoms with Gasteiger partial charge >= 0.3 is 6.00 Å². The van der Waals surface area contributed by atoms with E-state index in [0.29, 0.717) is 5.54 Å². The van der Waals surface area contributed by atoms with Crippen LogP contribution >= 0.6 is 33.2 Å². The minimum Gasteiger partial charge on any atom is -0.126 e. The van der Waals surface area contributed by atoms with Gasteiger partial charge in [-0.1, -0.05) is 65.2 Å². The topological polar surface area (TPSA) is 0 Å². The molecule has 0 aliphatic rings. The Bertz CT molecular complexity index is 157. The summed E-state index contributed by atoms with van der Waals surface area (Å²) in [5.74, 6) is 0. The molecule has 0 aromatic carbocycles. The number of unbranched alkanes of at least 4 members (excludes halogenated alkanes) is 7. The Morgan fingerprint density at radius 2 is 1.25 bits per heavy atom. The quantitative estimate of drug-likeness (QED) is 0.243. The third-order valence-electron chi connectivity index (χ3n) is 3.05. The second-order valence-corrected chi connectivity index (χ2v) is 13.9. The van der Waals surface area contributed by atoms with Crippen LogP contribution in [0.5, 0.6) is 0 Å². The van der Waals surface area contributed by atoms with Gasteiger partial charge in [0.05, 0.1) is 0 Å². The maximum absolute atomic E-state index is 5.95. The van der Waals surface area contributed by atoms with Crippen molar-refractivity contribution in [2.75, 3.05) is 0 Å². The predicted octanol–water partition coefficient (Wildman–Crippen LogP) is 6.56. The fraction of sp³-hybridized carbons (Fsp3) is 1.00. The monoisotopic (exact) mass is 302 g/mol. The maximum Gasteiger partial charge on any atom is 0.344 e. The van der Waals surface area contributed by atoms with Crippen LogP contribution in [0.15, 0.2) is 0 Å². The maximum atomic E-state index is 5.95. The Morgan fingerprint density at radius 1 is 0.812 bits per heavy atom. The van der Waals surface area contributed by atoms with E-state index in [2.05, 4.69) is 13.8 Å². The zero-order valence-electron chi connectivity index (χ0n) is 10.6. The van der Waals surface area contributed by atoms with Crippen LogP contribution < -0.4 is 0 Å². The molecule has 0 bridgehead atoms. The first-order chi connectivity index (χ1) is 7.48. The summed E-state index contributed by atoms with van der Waals surface area (Å²) in [5, 5.41) is 0. The summed E-state index contributed by atoms with van der Waals surface area (Å²) in [4.78, 5) is 0. The lowest BCUT2D eigenvalue weighted by Gasteiger charge is -2.16. The molecule has 4 heteroatoms. The van der Waals surface area contributed by atoms with E-state index in [1.165, 1.54) is 51.4 Å². The molecule has 0 radical (unpaired) electrons. The van der Waals surface area contributed by atoms with Crippen molar-refractivity contribution >= 4 is 39.2 Å².